The number of nitrogens with one attached hydrogen (secondary N) is 2. The molecular formula is C17H34N4O. The van der Waals surface area contributed by atoms with Crippen LogP contribution in [0.5, 0.6) is 0 Å². The van der Waals surface area contributed by atoms with Gasteiger partial charge >= 0.3 is 0 Å². The van der Waals surface area contributed by atoms with Crippen LogP contribution in [-0.2, 0) is 4.79 Å². The van der Waals surface area contributed by atoms with Crippen LogP contribution in [0, 0.1) is 5.92 Å². The van der Waals surface area contributed by atoms with Crippen LogP contribution in [0.2, 0.25) is 0 Å². The minimum atomic E-state index is 0.323. The average Bonchev–Trinajstić information content (AvgIpc) is 2.68. The molecule has 1 amide bonds. The Labute approximate surface area is 135 Å². The summed E-state index contributed by atoms with van der Waals surface area (Å²) in [6.45, 7) is 10.9. The molecule has 2 N–H and O–H groups in total. The van der Waals surface area contributed by atoms with Crippen molar-refractivity contribution in [2.45, 2.75) is 59.3 Å². The van der Waals surface area contributed by atoms with Gasteiger partial charge in [-0.3, -0.25) is 9.79 Å². The van der Waals surface area contributed by atoms with Gasteiger partial charge in [0.1, 0.15) is 0 Å². The van der Waals surface area contributed by atoms with E-state index < -0.39 is 0 Å². The Morgan fingerprint density at radius 1 is 1.27 bits per heavy atom. The smallest absolute Gasteiger partial charge is 0.222 e. The van der Waals surface area contributed by atoms with E-state index in [9.17, 15) is 4.79 Å². The fourth-order valence-corrected chi connectivity index (χ4v) is 2.55. The highest BCUT2D eigenvalue weighted by Gasteiger charge is 2.15. The summed E-state index contributed by atoms with van der Waals surface area (Å²) in [5.41, 5.74) is 0. The highest BCUT2D eigenvalue weighted by Crippen LogP contribution is 2.11. The molecule has 0 saturated carbocycles. The standard InChI is InChI=1S/C17H34N4O/c1-4-18-17(20-12-10-15(2)3)19-11-8-14-21-13-7-5-6-9-16(21)22/h15H,4-14H2,1-3H3,(H2,18,19,20). The second kappa shape index (κ2) is 11.3. The second-order valence-electron chi connectivity index (χ2n) is 6.41. The summed E-state index contributed by atoms with van der Waals surface area (Å²) in [5.74, 6) is 1.92. The summed E-state index contributed by atoms with van der Waals surface area (Å²) in [6.07, 6.45) is 6.19. The van der Waals surface area contributed by atoms with E-state index in [0.717, 1.165) is 70.8 Å². The van der Waals surface area contributed by atoms with Gasteiger partial charge in [-0.25, -0.2) is 0 Å². The van der Waals surface area contributed by atoms with Crippen molar-refractivity contribution in [3.05, 3.63) is 0 Å². The number of carbonyl (C=O) groups is 1. The highest BCUT2D eigenvalue weighted by atomic mass is 16.2. The van der Waals surface area contributed by atoms with Crippen molar-refractivity contribution < 1.29 is 4.79 Å². The van der Waals surface area contributed by atoms with Crippen LogP contribution < -0.4 is 10.6 Å². The van der Waals surface area contributed by atoms with Crippen molar-refractivity contribution >= 4 is 11.9 Å². The lowest BCUT2D eigenvalue weighted by Crippen LogP contribution is -2.38. The fraction of sp³-hybridized carbons (Fsp3) is 0.882. The van der Waals surface area contributed by atoms with E-state index >= 15 is 0 Å². The van der Waals surface area contributed by atoms with Crippen LogP contribution in [0.25, 0.3) is 0 Å². The van der Waals surface area contributed by atoms with Crippen LogP contribution in [-0.4, -0.2) is 49.5 Å². The van der Waals surface area contributed by atoms with Gasteiger partial charge in [0.15, 0.2) is 5.96 Å². The van der Waals surface area contributed by atoms with Crippen molar-refractivity contribution in [2.24, 2.45) is 10.9 Å². The van der Waals surface area contributed by atoms with Crippen LogP contribution in [0.1, 0.15) is 59.3 Å². The topological polar surface area (TPSA) is 56.7 Å². The molecule has 0 radical (unpaired) electrons. The molecule has 1 rings (SSSR count). The molecule has 0 aromatic heterocycles. The van der Waals surface area contributed by atoms with E-state index in [4.69, 9.17) is 0 Å². The highest BCUT2D eigenvalue weighted by molar-refractivity contribution is 5.79. The quantitative estimate of drug-likeness (QED) is 0.411. The third-order valence-corrected chi connectivity index (χ3v) is 3.89. The third kappa shape index (κ3) is 8.25. The summed E-state index contributed by atoms with van der Waals surface area (Å²) in [5, 5.41) is 6.64. The lowest BCUT2D eigenvalue weighted by atomic mass is 10.1. The average molecular weight is 310 g/mol. The maximum absolute atomic E-state index is 11.9. The fourth-order valence-electron chi connectivity index (χ4n) is 2.55. The molecule has 5 heteroatoms. The minimum Gasteiger partial charge on any atom is -0.357 e. The van der Waals surface area contributed by atoms with Gasteiger partial charge in [0.25, 0.3) is 0 Å². The Bertz CT molecular complexity index is 342. The van der Waals surface area contributed by atoms with E-state index in [0.29, 0.717) is 11.8 Å². The zero-order valence-corrected chi connectivity index (χ0v) is 14.7. The maximum Gasteiger partial charge on any atom is 0.222 e. The van der Waals surface area contributed by atoms with Crippen molar-refractivity contribution in [3.8, 4) is 0 Å². The summed E-state index contributed by atoms with van der Waals surface area (Å²) in [4.78, 5) is 18.5. The Hall–Kier alpha value is -1.26. The first-order chi connectivity index (χ1) is 10.6. The first-order valence-electron chi connectivity index (χ1n) is 8.93. The predicted octanol–water partition coefficient (Wildman–Crippen LogP) is 2.38. The van der Waals surface area contributed by atoms with Gasteiger partial charge in [-0.05, 0) is 38.5 Å². The lowest BCUT2D eigenvalue weighted by Gasteiger charge is -2.20. The Kier molecular flexibility index (Phi) is 9.67. The number of likely N-dealkylation sites (tertiary alicyclic amines) is 1. The molecule has 0 spiro atoms. The minimum absolute atomic E-state index is 0.323. The molecule has 0 atom stereocenters. The molecule has 0 unspecified atom stereocenters. The molecule has 0 aromatic rings. The molecule has 0 bridgehead atoms. The van der Waals surface area contributed by atoms with Crippen LogP contribution in [0.15, 0.2) is 4.99 Å². The predicted molar refractivity (Wildman–Crippen MR) is 93.1 cm³/mol. The normalized spacial score (nSPS) is 16.8. The van der Waals surface area contributed by atoms with Crippen molar-refractivity contribution in [1.82, 2.24) is 15.5 Å². The number of nitrogens with zero attached hydrogens (tertiary/aromatic N) is 2. The van der Waals surface area contributed by atoms with Crippen molar-refractivity contribution in [3.63, 3.8) is 0 Å². The molecule has 0 aliphatic carbocycles. The molecule has 1 fully saturated rings. The van der Waals surface area contributed by atoms with Gasteiger partial charge in [-0.2, -0.15) is 0 Å². The monoisotopic (exact) mass is 310 g/mol. The molecule has 1 heterocycles. The number of aliphatic imine (C=N–C) groups is 1. The van der Waals surface area contributed by atoms with Crippen LogP contribution in [0.3, 0.4) is 0 Å². The molecule has 22 heavy (non-hydrogen) atoms. The SMILES string of the molecule is CCNC(=NCCCN1CCCCCC1=O)NCCC(C)C. The van der Waals surface area contributed by atoms with Gasteiger partial charge < -0.3 is 15.5 Å². The summed E-state index contributed by atoms with van der Waals surface area (Å²) in [6, 6.07) is 0. The molecule has 1 aliphatic heterocycles. The molecule has 0 aromatic carbocycles. The number of carbonyl (C=O) groups excluding carboxylic acids is 1. The van der Waals surface area contributed by atoms with Crippen LogP contribution >= 0.6 is 0 Å². The first kappa shape index (κ1) is 18.8. The van der Waals surface area contributed by atoms with E-state index in [1.165, 1.54) is 6.42 Å². The zero-order valence-electron chi connectivity index (χ0n) is 14.7. The number of hydrogen-bond donors (Lipinski definition) is 2. The Morgan fingerprint density at radius 2 is 2.09 bits per heavy atom. The number of rotatable bonds is 8. The van der Waals surface area contributed by atoms with E-state index in [1.807, 2.05) is 4.90 Å². The summed E-state index contributed by atoms with van der Waals surface area (Å²) >= 11 is 0. The van der Waals surface area contributed by atoms with E-state index in [1.54, 1.807) is 0 Å². The summed E-state index contributed by atoms with van der Waals surface area (Å²) in [7, 11) is 0. The van der Waals surface area contributed by atoms with E-state index in [2.05, 4.69) is 36.4 Å². The second-order valence-corrected chi connectivity index (χ2v) is 6.41. The third-order valence-electron chi connectivity index (χ3n) is 3.89. The van der Waals surface area contributed by atoms with Gasteiger partial charge in [0.05, 0.1) is 0 Å². The van der Waals surface area contributed by atoms with E-state index in [-0.39, 0.29) is 0 Å². The molecule has 128 valence electrons. The number of hydrogen-bond acceptors (Lipinski definition) is 2. The molecular weight excluding hydrogens is 276 g/mol. The largest absolute Gasteiger partial charge is 0.357 e. The molecule has 1 saturated heterocycles. The van der Waals surface area contributed by atoms with Gasteiger partial charge in [0.2, 0.25) is 5.91 Å². The first-order valence-corrected chi connectivity index (χ1v) is 8.93. The van der Waals surface area contributed by atoms with Gasteiger partial charge in [-0.15, -0.1) is 0 Å². The molecule has 1 aliphatic rings. The Balaban J connectivity index is 2.28. The van der Waals surface area contributed by atoms with Crippen molar-refractivity contribution in [1.29, 1.82) is 0 Å². The number of amides is 1. The summed E-state index contributed by atoms with van der Waals surface area (Å²) < 4.78 is 0. The maximum atomic E-state index is 11.9. The molecule has 5 nitrogen and oxygen atoms in total. The van der Waals surface area contributed by atoms with Gasteiger partial charge in [-0.1, -0.05) is 20.3 Å². The lowest BCUT2D eigenvalue weighted by molar-refractivity contribution is -0.130. The van der Waals surface area contributed by atoms with Crippen LogP contribution in [0.4, 0.5) is 0 Å². The van der Waals surface area contributed by atoms with Crippen molar-refractivity contribution in [2.75, 3.05) is 32.7 Å². The Morgan fingerprint density at radius 3 is 2.82 bits per heavy atom. The van der Waals surface area contributed by atoms with Gasteiger partial charge in [0, 0.05) is 39.1 Å². The zero-order chi connectivity index (χ0) is 16.2. The number of guanidine groups is 1.